The van der Waals surface area contributed by atoms with Crippen molar-refractivity contribution in [3.63, 3.8) is 0 Å². The van der Waals surface area contributed by atoms with E-state index in [9.17, 15) is 14.4 Å². The van der Waals surface area contributed by atoms with Crippen LogP contribution in [0.25, 0.3) is 22.3 Å². The van der Waals surface area contributed by atoms with Crippen LogP contribution in [0.15, 0.2) is 72.5 Å². The lowest BCUT2D eigenvalue weighted by atomic mass is 9.73. The molecule has 0 spiro atoms. The van der Waals surface area contributed by atoms with Crippen LogP contribution >= 0.6 is 0 Å². The van der Waals surface area contributed by atoms with Gasteiger partial charge in [0.15, 0.2) is 28.7 Å². The monoisotopic (exact) mass is 870 g/mol. The molecule has 17 heteroatoms. The lowest BCUT2D eigenvalue weighted by Crippen LogP contribution is -2.56. The molecule has 0 unspecified atom stereocenters. The van der Waals surface area contributed by atoms with Crippen LogP contribution in [-0.4, -0.2) is 106 Å². The maximum Gasteiger partial charge on any atom is 0.413 e. The van der Waals surface area contributed by atoms with Gasteiger partial charge in [-0.3, -0.25) is 14.6 Å². The van der Waals surface area contributed by atoms with Crippen molar-refractivity contribution in [1.29, 1.82) is 0 Å². The van der Waals surface area contributed by atoms with Gasteiger partial charge >= 0.3 is 6.09 Å². The Morgan fingerprint density at radius 1 is 0.922 bits per heavy atom. The Labute approximate surface area is 369 Å². The van der Waals surface area contributed by atoms with Gasteiger partial charge in [0.1, 0.15) is 29.3 Å². The number of hydrogen-bond acceptors (Lipinski definition) is 13. The van der Waals surface area contributed by atoms with E-state index in [1.807, 2.05) is 36.4 Å². The van der Waals surface area contributed by atoms with Gasteiger partial charge in [0.2, 0.25) is 18.6 Å². The average molecular weight is 871 g/mol. The summed E-state index contributed by atoms with van der Waals surface area (Å²) in [5, 5.41) is 9.61. The molecular formula is C47H50N8O9. The number of methoxy groups -OCH3 is 2. The number of likely N-dealkylation sites (tertiary alicyclic amines) is 1. The van der Waals surface area contributed by atoms with E-state index in [4.69, 9.17) is 33.5 Å². The van der Waals surface area contributed by atoms with Crippen LogP contribution in [0.5, 0.6) is 34.5 Å². The number of carbonyl (C=O) groups is 3. The van der Waals surface area contributed by atoms with E-state index in [0.717, 1.165) is 55.4 Å². The van der Waals surface area contributed by atoms with Crippen molar-refractivity contribution in [2.75, 3.05) is 40.7 Å². The van der Waals surface area contributed by atoms with Gasteiger partial charge in [0, 0.05) is 55.5 Å². The van der Waals surface area contributed by atoms with Crippen molar-refractivity contribution in [1.82, 2.24) is 35.2 Å². The molecule has 3 fully saturated rings. The second-order valence-corrected chi connectivity index (χ2v) is 17.0. The normalized spacial score (nSPS) is 20.0. The molecular weight excluding hydrogens is 821 g/mol. The number of hydrogen-bond donors (Lipinski definition) is 2. The highest BCUT2D eigenvalue weighted by Gasteiger charge is 2.44. The fraction of sp³-hybridized carbons (Fsp3) is 0.426. The highest BCUT2D eigenvalue weighted by Crippen LogP contribution is 2.49. The molecule has 17 nitrogen and oxygen atoms in total. The quantitative estimate of drug-likeness (QED) is 0.135. The number of rotatable bonds is 13. The summed E-state index contributed by atoms with van der Waals surface area (Å²) in [6.07, 6.45) is 12.6. The molecule has 1 saturated heterocycles. The first-order chi connectivity index (χ1) is 31.4. The largest absolute Gasteiger partial charge is 0.493 e. The number of hydrazone groups is 1. The van der Waals surface area contributed by atoms with Crippen molar-refractivity contribution in [2.45, 2.75) is 69.9 Å². The van der Waals surface area contributed by atoms with Crippen LogP contribution in [-0.2, 0) is 16.0 Å². The molecule has 332 valence electrons. The van der Waals surface area contributed by atoms with Crippen LogP contribution in [0.1, 0.15) is 62.5 Å². The Morgan fingerprint density at radius 3 is 2.52 bits per heavy atom. The predicted octanol–water partition coefficient (Wildman–Crippen LogP) is 6.30. The molecule has 3 atom stereocenters. The number of benzene rings is 2. The van der Waals surface area contributed by atoms with Crippen molar-refractivity contribution in [2.24, 2.45) is 22.9 Å². The average Bonchev–Trinajstić information content (AvgIpc) is 3.89. The van der Waals surface area contributed by atoms with Crippen LogP contribution in [0, 0.1) is 17.8 Å². The molecule has 3 amide bonds. The van der Waals surface area contributed by atoms with E-state index in [-0.39, 0.29) is 48.7 Å². The predicted molar refractivity (Wildman–Crippen MR) is 233 cm³/mol. The summed E-state index contributed by atoms with van der Waals surface area (Å²) in [5.41, 5.74) is 4.52. The molecule has 2 aromatic carbocycles. The topological polar surface area (TPSA) is 192 Å². The zero-order valence-corrected chi connectivity index (χ0v) is 35.8. The van der Waals surface area contributed by atoms with Crippen LogP contribution in [0.3, 0.4) is 0 Å². The summed E-state index contributed by atoms with van der Waals surface area (Å²) >= 11 is 0. The maximum atomic E-state index is 14.4. The van der Waals surface area contributed by atoms with Crippen molar-refractivity contribution >= 4 is 34.7 Å². The Kier molecular flexibility index (Phi) is 11.4. The minimum atomic E-state index is -0.979. The molecule has 3 aromatic heterocycles. The molecule has 3 aliphatic heterocycles. The van der Waals surface area contributed by atoms with Crippen LogP contribution in [0.4, 0.5) is 4.79 Å². The lowest BCUT2D eigenvalue weighted by molar-refractivity contribution is -0.143. The Bertz CT molecular complexity index is 2590. The first-order valence-corrected chi connectivity index (χ1v) is 22.0. The number of carbonyl (C=O) groups excluding carboxylic acids is 3. The van der Waals surface area contributed by atoms with Crippen molar-refractivity contribution in [3.05, 3.63) is 78.5 Å². The zero-order chi connectivity index (χ0) is 43.7. The second kappa shape index (κ2) is 17.7. The lowest BCUT2D eigenvalue weighted by Gasteiger charge is -2.43. The molecule has 6 heterocycles. The molecule has 5 aliphatic rings. The fourth-order valence-corrected chi connectivity index (χ4v) is 9.44. The van der Waals surface area contributed by atoms with E-state index in [0.29, 0.717) is 89.5 Å². The third-order valence-electron chi connectivity index (χ3n) is 13.0. The summed E-state index contributed by atoms with van der Waals surface area (Å²) in [4.78, 5) is 60.5. The summed E-state index contributed by atoms with van der Waals surface area (Å²) < 4.78 is 34.8. The molecule has 2 saturated carbocycles. The van der Waals surface area contributed by atoms with Gasteiger partial charge in [0.25, 0.3) is 0 Å². The Morgan fingerprint density at radius 2 is 1.73 bits per heavy atom. The van der Waals surface area contributed by atoms with E-state index < -0.39 is 12.1 Å². The molecule has 0 radical (unpaired) electrons. The number of nitrogens with one attached hydrogen (secondary N) is 2. The third kappa shape index (κ3) is 8.10. The highest BCUT2D eigenvalue weighted by atomic mass is 16.7. The van der Waals surface area contributed by atoms with E-state index in [2.05, 4.69) is 25.3 Å². The van der Waals surface area contributed by atoms with Gasteiger partial charge in [-0.2, -0.15) is 5.10 Å². The number of aromatic nitrogens is 4. The summed E-state index contributed by atoms with van der Waals surface area (Å²) in [5.74, 6) is 3.21. The number of H-pyrrole nitrogens is 1. The second-order valence-electron chi connectivity index (χ2n) is 17.0. The molecule has 5 aromatic rings. The minimum Gasteiger partial charge on any atom is -0.493 e. The number of fused-ring (bicyclic) bond motifs is 3. The fourth-order valence-electron chi connectivity index (χ4n) is 9.44. The Hall–Kier alpha value is -6.91. The third-order valence-corrected chi connectivity index (χ3v) is 13.0. The van der Waals surface area contributed by atoms with E-state index in [1.54, 1.807) is 42.6 Å². The Balaban J connectivity index is 0.857. The smallest absolute Gasteiger partial charge is 0.413 e. The number of ether oxygens (including phenoxy) is 6. The first kappa shape index (κ1) is 41.1. The minimum absolute atomic E-state index is 0.0216. The van der Waals surface area contributed by atoms with Crippen molar-refractivity contribution in [3.8, 4) is 45.8 Å². The number of nitrogens with zero attached hydrogens (tertiary/aromatic N) is 6. The van der Waals surface area contributed by atoms with Gasteiger partial charge in [0.05, 0.1) is 43.7 Å². The maximum absolute atomic E-state index is 14.4. The first-order valence-electron chi connectivity index (χ1n) is 22.0. The van der Waals surface area contributed by atoms with Gasteiger partial charge in [-0.1, -0.05) is 18.9 Å². The zero-order valence-electron chi connectivity index (χ0n) is 35.8. The number of piperidine rings is 1. The SMILES string of the molecule is COc1ccc(C2=NN(C3CCN(C(=O)[C@H](Cc4cccnc4)NC(=O)Oc4c[nH]c5c(-c6c(OCC7CC7)ccc7c6OCO7)ncnc45)CC3)C(=O)[C@@H]3CCCC[C@H]23)cc1OC. The number of aromatic amines is 1. The van der Waals surface area contributed by atoms with E-state index >= 15 is 0 Å². The van der Waals surface area contributed by atoms with Gasteiger partial charge in [-0.15, -0.1) is 0 Å². The number of pyridine rings is 1. The standard InChI is InChI=1S/C47H50N8O9/c1-59-34-12-11-29(21-37(34)60-2)40-31-7-3-4-8-32(31)45(56)55(53-40)30-15-18-54(19-16-30)46(57)33(20-28-6-5-17-48-22-28)52-47(58)64-38-23-49-43-41(38)50-25-51-42(43)39-35(61-24-27-9-10-27)13-14-36-44(39)63-26-62-36/h5-6,11-14,17,21-23,25,27,30-33,49H,3-4,7-10,15-16,18-20,24,26H2,1-2H3,(H,52,58)/t31-,32+,33-/m0/s1. The van der Waals surface area contributed by atoms with Crippen LogP contribution < -0.4 is 33.7 Å². The molecule has 64 heavy (non-hydrogen) atoms. The van der Waals surface area contributed by atoms with Gasteiger partial charge < -0.3 is 43.6 Å². The van der Waals surface area contributed by atoms with Gasteiger partial charge in [-0.05, 0) is 86.4 Å². The molecule has 2 N–H and O–H groups in total. The molecule has 2 aliphatic carbocycles. The highest BCUT2D eigenvalue weighted by molar-refractivity contribution is 6.07. The molecule has 10 rings (SSSR count). The molecule has 0 bridgehead atoms. The summed E-state index contributed by atoms with van der Waals surface area (Å²) in [7, 11) is 3.21. The van der Waals surface area contributed by atoms with Crippen molar-refractivity contribution < 1.29 is 42.8 Å². The van der Waals surface area contributed by atoms with Gasteiger partial charge in [-0.25, -0.2) is 19.8 Å². The van der Waals surface area contributed by atoms with Crippen LogP contribution in [0.2, 0.25) is 0 Å². The number of amides is 3. The van der Waals surface area contributed by atoms with E-state index in [1.165, 1.54) is 12.5 Å². The summed E-state index contributed by atoms with van der Waals surface area (Å²) in [6, 6.07) is 11.9. The summed E-state index contributed by atoms with van der Waals surface area (Å²) in [6.45, 7) is 1.38.